The number of aliphatic hydroxyl groups excluding tert-OH is 2. The van der Waals surface area contributed by atoms with Crippen LogP contribution >= 0.6 is 0 Å². The number of hydrogen-bond acceptors (Lipinski definition) is 9. The molecule has 4 rings (SSSR count). The number of anilines is 1. The highest BCUT2D eigenvalue weighted by Gasteiger charge is 2.44. The molecule has 1 saturated heterocycles. The number of rotatable bonds is 8. The number of carboxylic acid groups (broad SMARTS) is 1. The number of fused-ring (bicyclic) bond motifs is 1. The fourth-order valence-electron chi connectivity index (χ4n) is 3.60. The van der Waals surface area contributed by atoms with Gasteiger partial charge in [-0.05, 0) is 12.5 Å². The lowest BCUT2D eigenvalue weighted by Gasteiger charge is -2.16. The van der Waals surface area contributed by atoms with E-state index >= 15 is 0 Å². The number of imidazole rings is 1. The molecule has 34 heavy (non-hydrogen) atoms. The van der Waals surface area contributed by atoms with Gasteiger partial charge in [-0.2, -0.15) is 0 Å². The van der Waals surface area contributed by atoms with Gasteiger partial charge in [-0.3, -0.25) is 9.36 Å². The Morgan fingerprint density at radius 1 is 1.09 bits per heavy atom. The van der Waals surface area contributed by atoms with E-state index in [-0.39, 0.29) is 6.54 Å². The van der Waals surface area contributed by atoms with Crippen molar-refractivity contribution in [2.45, 2.75) is 38.0 Å². The lowest BCUT2D eigenvalue weighted by Crippen LogP contribution is -2.44. The lowest BCUT2D eigenvalue weighted by molar-refractivity contribution is -0.135. The molecule has 0 aliphatic carbocycles. The van der Waals surface area contributed by atoms with Gasteiger partial charge in [0.05, 0.1) is 6.33 Å². The van der Waals surface area contributed by atoms with Crippen LogP contribution in [0.25, 0.3) is 11.2 Å². The summed E-state index contributed by atoms with van der Waals surface area (Å²) in [5, 5.41) is 37.3. The van der Waals surface area contributed by atoms with Crippen LogP contribution < -0.4 is 16.0 Å². The molecule has 2 amide bonds. The zero-order chi connectivity index (χ0) is 24.2. The molecule has 0 spiro atoms. The molecule has 3 heterocycles. The van der Waals surface area contributed by atoms with Gasteiger partial charge in [-0.15, -0.1) is 0 Å². The van der Waals surface area contributed by atoms with Crippen LogP contribution in [-0.4, -0.2) is 78.2 Å². The molecule has 1 fully saturated rings. The number of urea groups is 1. The number of nitrogens with one attached hydrogen (secondary N) is 3. The van der Waals surface area contributed by atoms with Gasteiger partial charge in [0.25, 0.3) is 0 Å². The number of aliphatic carboxylic acids is 1. The third-order valence-corrected chi connectivity index (χ3v) is 5.41. The Morgan fingerprint density at radius 3 is 2.59 bits per heavy atom. The predicted molar refractivity (Wildman–Crippen MR) is 119 cm³/mol. The van der Waals surface area contributed by atoms with Crippen LogP contribution in [0.2, 0.25) is 0 Å². The maximum absolute atomic E-state index is 11.7. The number of carbonyl (C=O) groups is 2. The van der Waals surface area contributed by atoms with Crippen molar-refractivity contribution >= 4 is 29.0 Å². The third-order valence-electron chi connectivity index (χ3n) is 5.41. The van der Waals surface area contributed by atoms with Crippen molar-refractivity contribution in [3.8, 4) is 0 Å². The van der Waals surface area contributed by atoms with E-state index in [2.05, 4.69) is 30.9 Å². The fraction of sp³-hybridized carbons (Fsp3) is 0.381. The zero-order valence-electron chi connectivity index (χ0n) is 18.3. The van der Waals surface area contributed by atoms with Gasteiger partial charge in [-0.1, -0.05) is 29.8 Å². The van der Waals surface area contributed by atoms with Crippen molar-refractivity contribution in [3.63, 3.8) is 0 Å². The number of hydrogen-bond donors (Lipinski definition) is 6. The number of nitrogens with zero attached hydrogens (tertiary/aromatic N) is 4. The summed E-state index contributed by atoms with van der Waals surface area (Å²) in [6.45, 7) is 1.85. The molecular formula is C21H25N7O6. The summed E-state index contributed by atoms with van der Waals surface area (Å²) in [4.78, 5) is 35.1. The third kappa shape index (κ3) is 5.06. The standard InChI is InChI=1S/C21H25N7O6/c1-11-2-4-12(5-3-11)6-22-18-15-19(26-9-25-18)28(10-27-15)20-17(32)16(31)13(34-20)7-23-21(33)24-8-14(29)30/h2-5,9-10,13,16-17,20,31-32H,6-8H2,1H3,(H,29,30)(H,22,25,26)(H2,23,24,33)/t13-,16+,17?,20-/m1/s1. The van der Waals surface area contributed by atoms with Crippen molar-refractivity contribution in [2.75, 3.05) is 18.4 Å². The first-order chi connectivity index (χ1) is 16.3. The van der Waals surface area contributed by atoms with Crippen molar-refractivity contribution < 1.29 is 29.6 Å². The molecule has 0 radical (unpaired) electrons. The smallest absolute Gasteiger partial charge is 0.323 e. The molecule has 1 aliphatic heterocycles. The summed E-state index contributed by atoms with van der Waals surface area (Å²) >= 11 is 0. The van der Waals surface area contributed by atoms with Crippen molar-refractivity contribution in [1.29, 1.82) is 0 Å². The average molecular weight is 471 g/mol. The number of aliphatic hydroxyl groups is 2. The number of carbonyl (C=O) groups excluding carboxylic acids is 1. The van der Waals surface area contributed by atoms with Gasteiger partial charge in [0.15, 0.2) is 23.2 Å². The summed E-state index contributed by atoms with van der Waals surface area (Å²) in [6.07, 6.45) is -1.76. The summed E-state index contributed by atoms with van der Waals surface area (Å²) in [5.41, 5.74) is 3.09. The van der Waals surface area contributed by atoms with E-state index in [9.17, 15) is 19.8 Å². The molecule has 0 bridgehead atoms. The second-order valence-corrected chi connectivity index (χ2v) is 7.89. The molecular weight excluding hydrogens is 446 g/mol. The van der Waals surface area contributed by atoms with Crippen molar-refractivity contribution in [1.82, 2.24) is 30.2 Å². The summed E-state index contributed by atoms with van der Waals surface area (Å²) in [6, 6.07) is 7.33. The van der Waals surface area contributed by atoms with E-state index in [1.54, 1.807) is 0 Å². The Kier molecular flexibility index (Phi) is 6.86. The lowest BCUT2D eigenvalue weighted by atomic mass is 10.1. The number of carboxylic acids is 1. The number of ether oxygens (including phenoxy) is 1. The fourth-order valence-corrected chi connectivity index (χ4v) is 3.60. The minimum absolute atomic E-state index is 0.148. The normalized spacial score (nSPS) is 22.0. The van der Waals surface area contributed by atoms with Gasteiger partial charge in [0, 0.05) is 13.1 Å². The topological polar surface area (TPSA) is 184 Å². The van der Waals surface area contributed by atoms with Crippen molar-refractivity contribution in [3.05, 3.63) is 48.0 Å². The predicted octanol–water partition coefficient (Wildman–Crippen LogP) is -0.250. The van der Waals surface area contributed by atoms with Gasteiger partial charge in [0.1, 0.15) is 31.2 Å². The van der Waals surface area contributed by atoms with E-state index in [0.717, 1.165) is 5.56 Å². The molecule has 2 aromatic heterocycles. The number of aryl methyl sites for hydroxylation is 1. The Balaban J connectivity index is 1.44. The Labute approximate surface area is 193 Å². The van der Waals surface area contributed by atoms with Crippen LogP contribution in [0.1, 0.15) is 17.4 Å². The minimum atomic E-state index is -1.31. The zero-order valence-corrected chi connectivity index (χ0v) is 18.3. The molecule has 1 aromatic carbocycles. The Bertz CT molecular complexity index is 1170. The van der Waals surface area contributed by atoms with Crippen LogP contribution in [-0.2, 0) is 16.1 Å². The van der Waals surface area contributed by atoms with E-state index in [1.807, 2.05) is 31.2 Å². The van der Waals surface area contributed by atoms with Crippen LogP contribution in [0.5, 0.6) is 0 Å². The van der Waals surface area contributed by atoms with Gasteiger partial charge < -0.3 is 36.0 Å². The number of benzene rings is 1. The average Bonchev–Trinajstić information content (AvgIpc) is 3.37. The highest BCUT2D eigenvalue weighted by Crippen LogP contribution is 2.32. The van der Waals surface area contributed by atoms with E-state index in [0.29, 0.717) is 23.5 Å². The molecule has 0 saturated carbocycles. The van der Waals surface area contributed by atoms with Crippen LogP contribution in [0, 0.1) is 6.92 Å². The Morgan fingerprint density at radius 2 is 1.85 bits per heavy atom. The first-order valence-corrected chi connectivity index (χ1v) is 10.6. The highest BCUT2D eigenvalue weighted by atomic mass is 16.6. The van der Waals surface area contributed by atoms with Crippen molar-refractivity contribution in [2.24, 2.45) is 0 Å². The second-order valence-electron chi connectivity index (χ2n) is 7.89. The SMILES string of the molecule is Cc1ccc(CNc2ncnc3c2ncn3[C@@H]2O[C@H](CNC(=O)NCC(=O)O)[C@H](O)C2O)cc1. The molecule has 6 N–H and O–H groups in total. The van der Waals surface area contributed by atoms with Crippen LogP contribution in [0.15, 0.2) is 36.9 Å². The molecule has 4 atom stereocenters. The van der Waals surface area contributed by atoms with E-state index in [4.69, 9.17) is 9.84 Å². The highest BCUT2D eigenvalue weighted by molar-refractivity contribution is 5.82. The van der Waals surface area contributed by atoms with E-state index in [1.165, 1.54) is 22.8 Å². The monoisotopic (exact) mass is 471 g/mol. The summed E-state index contributed by atoms with van der Waals surface area (Å²) < 4.78 is 7.27. The molecule has 3 aromatic rings. The first-order valence-electron chi connectivity index (χ1n) is 10.6. The molecule has 1 aliphatic rings. The van der Waals surface area contributed by atoms with Crippen LogP contribution in [0.4, 0.5) is 10.6 Å². The molecule has 13 nitrogen and oxygen atoms in total. The molecule has 13 heteroatoms. The van der Waals surface area contributed by atoms with Gasteiger partial charge in [-0.25, -0.2) is 19.7 Å². The molecule has 1 unspecified atom stereocenters. The quantitative estimate of drug-likeness (QED) is 0.256. The van der Waals surface area contributed by atoms with Gasteiger partial charge in [0.2, 0.25) is 0 Å². The number of aromatic nitrogens is 4. The maximum Gasteiger partial charge on any atom is 0.323 e. The van der Waals surface area contributed by atoms with Crippen LogP contribution in [0.3, 0.4) is 0 Å². The maximum atomic E-state index is 11.7. The minimum Gasteiger partial charge on any atom is -0.480 e. The second kappa shape index (κ2) is 9.99. The largest absolute Gasteiger partial charge is 0.480 e. The number of amides is 2. The van der Waals surface area contributed by atoms with E-state index < -0.39 is 43.1 Å². The summed E-state index contributed by atoms with van der Waals surface area (Å²) in [5.74, 6) is -0.685. The first kappa shape index (κ1) is 23.4. The molecule has 180 valence electrons. The van der Waals surface area contributed by atoms with Gasteiger partial charge >= 0.3 is 12.0 Å². The summed E-state index contributed by atoms with van der Waals surface area (Å²) in [7, 11) is 0. The Hall–Kier alpha value is -3.81.